The van der Waals surface area contributed by atoms with Crippen molar-refractivity contribution in [3.63, 3.8) is 0 Å². The molecule has 29 heavy (non-hydrogen) atoms. The Balaban J connectivity index is 1.64. The van der Waals surface area contributed by atoms with Crippen LogP contribution in [-0.4, -0.2) is 24.1 Å². The van der Waals surface area contributed by atoms with Crippen LogP contribution in [0.15, 0.2) is 64.9 Å². The van der Waals surface area contributed by atoms with E-state index in [0.29, 0.717) is 41.5 Å². The number of rotatable bonds is 5. The summed E-state index contributed by atoms with van der Waals surface area (Å²) in [5, 5.41) is 5.48. The molecule has 0 radical (unpaired) electrons. The van der Waals surface area contributed by atoms with Gasteiger partial charge in [-0.25, -0.2) is 13.4 Å². The van der Waals surface area contributed by atoms with Gasteiger partial charge in [0.05, 0.1) is 10.6 Å². The number of amides is 1. The number of halogens is 1. The molecule has 1 aliphatic rings. The monoisotopic (exact) mass is 446 g/mol. The third kappa shape index (κ3) is 3.58. The molecule has 0 unspecified atom stereocenters. The van der Waals surface area contributed by atoms with Gasteiger partial charge in [0.1, 0.15) is 0 Å². The van der Waals surface area contributed by atoms with Gasteiger partial charge in [0.25, 0.3) is 0 Å². The summed E-state index contributed by atoms with van der Waals surface area (Å²) in [6.45, 7) is 0. The number of hydrogen-bond donors (Lipinski definition) is 1. The molecule has 150 valence electrons. The number of sulfone groups is 1. The zero-order chi connectivity index (χ0) is 20.5. The van der Waals surface area contributed by atoms with Crippen molar-refractivity contribution in [2.75, 3.05) is 5.32 Å². The fourth-order valence-corrected chi connectivity index (χ4v) is 6.75. The fraction of sp³-hybridized carbons (Fsp3) is 0.238. The molecule has 2 aromatic carbocycles. The van der Waals surface area contributed by atoms with Crippen LogP contribution in [0.1, 0.15) is 25.7 Å². The molecule has 1 saturated carbocycles. The maximum atomic E-state index is 13.4. The van der Waals surface area contributed by atoms with Gasteiger partial charge in [-0.15, -0.1) is 11.3 Å². The van der Waals surface area contributed by atoms with Crippen LogP contribution < -0.4 is 5.32 Å². The van der Waals surface area contributed by atoms with E-state index >= 15 is 0 Å². The normalized spacial score (nSPS) is 15.9. The zero-order valence-corrected chi connectivity index (χ0v) is 17.9. The Morgan fingerprint density at radius 2 is 1.69 bits per heavy atom. The SMILES string of the molecule is O=C(Nc1nc(-c2ccccc2Cl)cs1)C1(S(=O)(=O)c2ccccc2)CCCC1. The minimum absolute atomic E-state index is 0.174. The number of carbonyl (C=O) groups excluding carboxylic acids is 1. The third-order valence-corrected chi connectivity index (χ3v) is 8.87. The number of carbonyl (C=O) groups is 1. The second-order valence-corrected chi connectivity index (χ2v) is 10.5. The van der Waals surface area contributed by atoms with Gasteiger partial charge in [-0.2, -0.15) is 0 Å². The number of benzene rings is 2. The molecular weight excluding hydrogens is 428 g/mol. The maximum Gasteiger partial charge on any atom is 0.248 e. The highest BCUT2D eigenvalue weighted by Crippen LogP contribution is 2.42. The van der Waals surface area contributed by atoms with Crippen molar-refractivity contribution < 1.29 is 13.2 Å². The van der Waals surface area contributed by atoms with E-state index in [2.05, 4.69) is 10.3 Å². The standard InChI is InChI=1S/C21H19ClN2O3S2/c22-17-11-5-4-10-16(17)18-14-28-20(23-18)24-19(25)21(12-6-7-13-21)29(26,27)15-8-2-1-3-9-15/h1-5,8-11,14H,6-7,12-13H2,(H,23,24,25). The topological polar surface area (TPSA) is 76.1 Å². The van der Waals surface area contributed by atoms with Crippen LogP contribution in [0.3, 0.4) is 0 Å². The predicted molar refractivity (Wildman–Crippen MR) is 116 cm³/mol. The lowest BCUT2D eigenvalue weighted by Gasteiger charge is -2.27. The molecule has 1 fully saturated rings. The first-order chi connectivity index (χ1) is 13.9. The van der Waals surface area contributed by atoms with Crippen LogP contribution >= 0.6 is 22.9 Å². The van der Waals surface area contributed by atoms with E-state index in [-0.39, 0.29) is 4.90 Å². The first-order valence-electron chi connectivity index (χ1n) is 9.26. The van der Waals surface area contributed by atoms with E-state index in [0.717, 1.165) is 5.56 Å². The van der Waals surface area contributed by atoms with Gasteiger partial charge in [0.2, 0.25) is 5.91 Å². The van der Waals surface area contributed by atoms with E-state index < -0.39 is 20.5 Å². The number of nitrogens with zero attached hydrogens (tertiary/aromatic N) is 1. The highest BCUT2D eigenvalue weighted by atomic mass is 35.5. The third-order valence-electron chi connectivity index (χ3n) is 5.27. The molecule has 8 heteroatoms. The largest absolute Gasteiger partial charge is 0.301 e. The lowest BCUT2D eigenvalue weighted by Crippen LogP contribution is -2.47. The van der Waals surface area contributed by atoms with Gasteiger partial charge < -0.3 is 5.32 Å². The molecule has 0 saturated heterocycles. The summed E-state index contributed by atoms with van der Waals surface area (Å²) in [6, 6.07) is 15.5. The highest BCUT2D eigenvalue weighted by molar-refractivity contribution is 7.93. The van der Waals surface area contributed by atoms with Gasteiger partial charge in [0.15, 0.2) is 19.7 Å². The molecule has 4 rings (SSSR count). The molecule has 1 N–H and O–H groups in total. The van der Waals surface area contributed by atoms with E-state index in [4.69, 9.17) is 11.6 Å². The number of nitrogens with one attached hydrogen (secondary N) is 1. The molecule has 1 aromatic heterocycles. The Kier molecular flexibility index (Phi) is 5.46. The maximum absolute atomic E-state index is 13.4. The molecule has 3 aromatic rings. The van der Waals surface area contributed by atoms with Crippen LogP contribution in [0.25, 0.3) is 11.3 Å². The Hall–Kier alpha value is -2.22. The van der Waals surface area contributed by atoms with E-state index in [1.165, 1.54) is 11.3 Å². The zero-order valence-electron chi connectivity index (χ0n) is 15.5. The molecular formula is C21H19ClN2O3S2. The Morgan fingerprint density at radius 3 is 2.38 bits per heavy atom. The molecule has 0 atom stereocenters. The van der Waals surface area contributed by atoms with E-state index in [9.17, 15) is 13.2 Å². The molecule has 1 heterocycles. The summed E-state index contributed by atoms with van der Waals surface area (Å²) in [7, 11) is -3.83. The quantitative estimate of drug-likeness (QED) is 0.585. The van der Waals surface area contributed by atoms with Crippen molar-refractivity contribution in [1.82, 2.24) is 4.98 Å². The minimum Gasteiger partial charge on any atom is -0.301 e. The first-order valence-corrected chi connectivity index (χ1v) is 12.0. The summed E-state index contributed by atoms with van der Waals surface area (Å²) in [5.74, 6) is -0.515. The molecule has 0 aliphatic heterocycles. The minimum atomic E-state index is -3.83. The Bertz CT molecular complexity index is 1140. The summed E-state index contributed by atoms with van der Waals surface area (Å²) < 4.78 is 25.3. The number of hydrogen-bond acceptors (Lipinski definition) is 5. The summed E-state index contributed by atoms with van der Waals surface area (Å²) in [5.41, 5.74) is 1.40. The highest BCUT2D eigenvalue weighted by Gasteiger charge is 2.53. The average Bonchev–Trinajstić information content (AvgIpc) is 3.40. The van der Waals surface area contributed by atoms with Crippen molar-refractivity contribution in [3.05, 3.63) is 65.0 Å². The first kappa shape index (κ1) is 20.1. The molecule has 0 spiro atoms. The second kappa shape index (κ2) is 7.89. The second-order valence-electron chi connectivity index (χ2n) is 6.99. The van der Waals surface area contributed by atoms with E-state index in [1.54, 1.807) is 41.8 Å². The van der Waals surface area contributed by atoms with E-state index in [1.807, 2.05) is 18.2 Å². The average molecular weight is 447 g/mol. The van der Waals surface area contributed by atoms with Gasteiger partial charge in [-0.1, -0.05) is 60.8 Å². The molecule has 1 amide bonds. The van der Waals surface area contributed by atoms with Crippen molar-refractivity contribution in [1.29, 1.82) is 0 Å². The van der Waals surface area contributed by atoms with Crippen LogP contribution in [0.2, 0.25) is 5.02 Å². The van der Waals surface area contributed by atoms with Crippen LogP contribution in [0, 0.1) is 0 Å². The molecule has 1 aliphatic carbocycles. The number of aromatic nitrogens is 1. The number of anilines is 1. The van der Waals surface area contributed by atoms with Crippen molar-refractivity contribution >= 4 is 43.8 Å². The summed E-state index contributed by atoms with van der Waals surface area (Å²) >= 11 is 7.47. The Morgan fingerprint density at radius 1 is 1.03 bits per heavy atom. The van der Waals surface area contributed by atoms with Gasteiger partial charge >= 0.3 is 0 Å². The summed E-state index contributed by atoms with van der Waals surface area (Å²) in [6.07, 6.45) is 2.00. The van der Waals surface area contributed by atoms with Gasteiger partial charge in [-0.05, 0) is 31.0 Å². The molecule has 0 bridgehead atoms. The van der Waals surface area contributed by atoms with Crippen LogP contribution in [0.5, 0.6) is 0 Å². The smallest absolute Gasteiger partial charge is 0.248 e. The lowest BCUT2D eigenvalue weighted by molar-refractivity contribution is -0.118. The van der Waals surface area contributed by atoms with Crippen molar-refractivity contribution in [2.24, 2.45) is 0 Å². The Labute approximate surface area is 178 Å². The van der Waals surface area contributed by atoms with Gasteiger partial charge in [0, 0.05) is 16.0 Å². The van der Waals surface area contributed by atoms with Gasteiger partial charge in [-0.3, -0.25) is 4.79 Å². The predicted octanol–water partition coefficient (Wildman–Crippen LogP) is 5.19. The van der Waals surface area contributed by atoms with Crippen molar-refractivity contribution in [2.45, 2.75) is 35.3 Å². The van der Waals surface area contributed by atoms with Crippen molar-refractivity contribution in [3.8, 4) is 11.3 Å². The lowest BCUT2D eigenvalue weighted by atomic mass is 10.1. The number of thiazole rings is 1. The van der Waals surface area contributed by atoms with Crippen LogP contribution in [0.4, 0.5) is 5.13 Å². The fourth-order valence-electron chi connectivity index (χ4n) is 3.72. The summed E-state index contributed by atoms with van der Waals surface area (Å²) in [4.78, 5) is 17.8. The van der Waals surface area contributed by atoms with Crippen LogP contribution in [-0.2, 0) is 14.6 Å². The molecule has 5 nitrogen and oxygen atoms in total.